The molecule has 0 bridgehead atoms. The van der Waals surface area contributed by atoms with Gasteiger partial charge >= 0.3 is 0 Å². The molecule has 8 aromatic rings. The number of likely N-dealkylation sites (N-methyl/N-ethyl adjacent to an activating group) is 2. The van der Waals surface area contributed by atoms with Crippen LogP contribution in [0.5, 0.6) is 0 Å². The predicted molar refractivity (Wildman–Crippen MR) is 271 cm³/mol. The molecule has 2 amide bonds. The Morgan fingerprint density at radius 3 is 1.47 bits per heavy atom. The van der Waals surface area contributed by atoms with Gasteiger partial charge in [-0.2, -0.15) is 0 Å². The highest BCUT2D eigenvalue weighted by molar-refractivity contribution is 5.93. The smallest absolute Gasteiger partial charge is 0.245 e. The molecule has 0 spiro atoms. The number of hydrogen-bond acceptors (Lipinski definition) is 6. The summed E-state index contributed by atoms with van der Waals surface area (Å²) in [4.78, 5) is 55.8. The number of nitrogens with zero attached hydrogens (tertiary/aromatic N) is 6. The van der Waals surface area contributed by atoms with Crippen molar-refractivity contribution >= 4 is 44.7 Å². The quantitative estimate of drug-likeness (QED) is 0.113. The highest BCUT2D eigenvalue weighted by atomic mass is 16.2. The van der Waals surface area contributed by atoms with E-state index in [1.807, 2.05) is 36.4 Å². The summed E-state index contributed by atoms with van der Waals surface area (Å²) in [7, 11) is 0. The minimum atomic E-state index is -0.309. The number of carbonyl (C=O) groups is 2. The van der Waals surface area contributed by atoms with Crippen molar-refractivity contribution in [2.24, 2.45) is 11.8 Å². The summed E-state index contributed by atoms with van der Waals surface area (Å²) in [5.74, 6) is 3.21. The first kappa shape index (κ1) is 42.7. The lowest BCUT2D eigenvalue weighted by molar-refractivity contribution is -0.140. The van der Waals surface area contributed by atoms with Crippen LogP contribution in [0.1, 0.15) is 100 Å². The fourth-order valence-corrected chi connectivity index (χ4v) is 12.1. The molecule has 10 heteroatoms. The van der Waals surface area contributed by atoms with Gasteiger partial charge in [0.25, 0.3) is 0 Å². The first-order chi connectivity index (χ1) is 33.3. The lowest BCUT2D eigenvalue weighted by Crippen LogP contribution is -2.44. The van der Waals surface area contributed by atoms with Crippen LogP contribution in [0.2, 0.25) is 0 Å². The third kappa shape index (κ3) is 7.40. The molecule has 0 radical (unpaired) electrons. The van der Waals surface area contributed by atoms with Gasteiger partial charge in [0.2, 0.25) is 11.8 Å². The van der Waals surface area contributed by atoms with Gasteiger partial charge in [0.15, 0.2) is 0 Å². The van der Waals surface area contributed by atoms with Gasteiger partial charge in [-0.15, -0.1) is 0 Å². The summed E-state index contributed by atoms with van der Waals surface area (Å²) >= 11 is 0. The van der Waals surface area contributed by atoms with Crippen molar-refractivity contribution < 1.29 is 9.59 Å². The van der Waals surface area contributed by atoms with E-state index in [-0.39, 0.29) is 48.1 Å². The van der Waals surface area contributed by atoms with Crippen molar-refractivity contribution in [3.8, 4) is 22.3 Å². The van der Waals surface area contributed by atoms with Crippen molar-refractivity contribution in [3.05, 3.63) is 156 Å². The maximum absolute atomic E-state index is 14.6. The Kier molecular flexibility index (Phi) is 10.8. The molecular formula is C58H60N8O2. The average Bonchev–Trinajstić information content (AvgIpc) is 4.04. The van der Waals surface area contributed by atoms with Gasteiger partial charge in [-0.05, 0) is 144 Å². The molecule has 0 unspecified atom stereocenters. The summed E-state index contributed by atoms with van der Waals surface area (Å²) in [6, 6.07) is 46.7. The second-order valence-corrected chi connectivity index (χ2v) is 19.7. The van der Waals surface area contributed by atoms with Gasteiger partial charge < -0.3 is 19.8 Å². The standard InChI is InChI=1S/C58H60N8O2/c1-5-63(6-2)53(35-15-11-9-12-16-35)57(67)65-49-31-43(49)33-51(65)55-59-45-25-23-41(29-47(45)61-55)39-21-19-38-28-40(22-20-37(38)27-39)42-24-26-46-48(30-42)62-56(60-46)52-34-44-32-50(44)66(52)58(68)54(64(7-3)8-4)36-17-13-10-14-18-36/h9-30,43-44,49-54H,5-8,31-34H2,1-4H3,(H,59,61)(H,60,62)/t43-,44+,49-,50-,51+,52+,53-,54-/m1/s1. The number of fused-ring (bicyclic) bond motifs is 5. The monoisotopic (exact) mass is 900 g/mol. The van der Waals surface area contributed by atoms with E-state index in [1.54, 1.807) is 0 Å². The largest absolute Gasteiger partial charge is 0.340 e. The molecule has 2 saturated carbocycles. The van der Waals surface area contributed by atoms with Crippen LogP contribution in [-0.2, 0) is 9.59 Å². The van der Waals surface area contributed by atoms with Crippen molar-refractivity contribution in [3.63, 3.8) is 0 Å². The highest BCUT2D eigenvalue weighted by Gasteiger charge is 2.57. The van der Waals surface area contributed by atoms with Gasteiger partial charge in [-0.3, -0.25) is 19.4 Å². The molecule has 2 saturated heterocycles. The van der Waals surface area contributed by atoms with E-state index in [9.17, 15) is 9.59 Å². The first-order valence-electron chi connectivity index (χ1n) is 25.1. The Hall–Kier alpha value is -6.62. The predicted octanol–water partition coefficient (Wildman–Crippen LogP) is 11.4. The Labute approximate surface area is 398 Å². The van der Waals surface area contributed by atoms with E-state index in [0.29, 0.717) is 11.8 Å². The summed E-state index contributed by atoms with van der Waals surface area (Å²) in [5.41, 5.74) is 10.4. The van der Waals surface area contributed by atoms with Crippen LogP contribution in [0.15, 0.2) is 133 Å². The molecule has 6 aromatic carbocycles. The van der Waals surface area contributed by atoms with Gasteiger partial charge in [0.1, 0.15) is 23.7 Å². The zero-order valence-corrected chi connectivity index (χ0v) is 39.5. The van der Waals surface area contributed by atoms with E-state index in [0.717, 1.165) is 119 Å². The molecule has 2 aliphatic carbocycles. The molecule has 2 aromatic heterocycles. The number of likely N-dealkylation sites (tertiary alicyclic amines) is 2. The maximum Gasteiger partial charge on any atom is 0.245 e. The van der Waals surface area contributed by atoms with Crippen LogP contribution in [0.3, 0.4) is 0 Å². The van der Waals surface area contributed by atoms with Crippen molar-refractivity contribution in [1.29, 1.82) is 0 Å². The molecule has 4 aliphatic rings. The molecule has 68 heavy (non-hydrogen) atoms. The minimum absolute atomic E-state index is 0.0653. The van der Waals surface area contributed by atoms with Crippen molar-refractivity contribution in [2.45, 2.75) is 89.6 Å². The number of benzene rings is 6. The number of imidazole rings is 2. The fraction of sp³-hybridized carbons (Fsp3) is 0.345. The number of amides is 2. The summed E-state index contributed by atoms with van der Waals surface area (Å²) in [6.07, 6.45) is 4.05. The number of hydrogen-bond donors (Lipinski definition) is 2. The van der Waals surface area contributed by atoms with E-state index >= 15 is 0 Å². The minimum Gasteiger partial charge on any atom is -0.340 e. The van der Waals surface area contributed by atoms with Crippen molar-refractivity contribution in [2.75, 3.05) is 26.2 Å². The normalized spacial score (nSPS) is 22.6. The zero-order valence-electron chi connectivity index (χ0n) is 39.5. The summed E-state index contributed by atoms with van der Waals surface area (Å²) in [5, 5.41) is 2.34. The van der Waals surface area contributed by atoms with Crippen LogP contribution in [-0.4, -0.2) is 89.6 Å². The Morgan fingerprint density at radius 1 is 0.515 bits per heavy atom. The molecule has 2 N–H and O–H groups in total. The molecule has 10 nitrogen and oxygen atoms in total. The molecule has 12 rings (SSSR count). The third-order valence-corrected chi connectivity index (χ3v) is 15.9. The van der Waals surface area contributed by atoms with Crippen LogP contribution >= 0.6 is 0 Å². The van der Waals surface area contributed by atoms with Gasteiger partial charge in [0, 0.05) is 12.1 Å². The second kappa shape index (κ2) is 17.2. The topological polar surface area (TPSA) is 104 Å². The number of aromatic amines is 2. The van der Waals surface area contributed by atoms with Crippen molar-refractivity contribution in [1.82, 2.24) is 39.5 Å². The lowest BCUT2D eigenvalue weighted by Gasteiger charge is -2.35. The van der Waals surface area contributed by atoms with Crippen LogP contribution in [0.4, 0.5) is 0 Å². The van der Waals surface area contributed by atoms with Gasteiger partial charge in [-0.1, -0.05) is 125 Å². The fourth-order valence-electron chi connectivity index (χ4n) is 12.1. The van der Waals surface area contributed by atoms with E-state index < -0.39 is 0 Å². The van der Waals surface area contributed by atoms with Crippen LogP contribution in [0, 0.1) is 11.8 Å². The zero-order chi connectivity index (χ0) is 46.2. The molecule has 4 heterocycles. The first-order valence-corrected chi connectivity index (χ1v) is 25.1. The lowest BCUT2D eigenvalue weighted by atomic mass is 9.97. The number of aromatic nitrogens is 4. The maximum atomic E-state index is 14.6. The number of H-pyrrole nitrogens is 2. The van der Waals surface area contributed by atoms with Gasteiger partial charge in [0.05, 0.1) is 34.2 Å². The van der Waals surface area contributed by atoms with Crippen LogP contribution < -0.4 is 0 Å². The molecular weight excluding hydrogens is 841 g/mol. The van der Waals surface area contributed by atoms with E-state index in [2.05, 4.69) is 154 Å². The Balaban J connectivity index is 0.780. The van der Waals surface area contributed by atoms with Gasteiger partial charge in [-0.25, -0.2) is 9.97 Å². The Morgan fingerprint density at radius 2 is 0.956 bits per heavy atom. The molecule has 2 aliphatic heterocycles. The number of carbonyl (C=O) groups excluding carboxylic acids is 2. The summed E-state index contributed by atoms with van der Waals surface area (Å²) in [6.45, 7) is 11.8. The SMILES string of the molecule is CCN(CC)[C@@H](C(=O)N1[C@@H]2C[C@@H]2C[C@H]1c1nc2cc(-c3ccc4cc(-c5ccc6nc([C@@H]7C[C@@H]8C[C@H]8N7C(=O)[C@@H](c7ccccc7)N(CC)CC)[nH]c6c5)ccc4c3)ccc2[nH]1)c1ccccc1. The number of nitrogens with one attached hydrogen (secondary N) is 2. The summed E-state index contributed by atoms with van der Waals surface area (Å²) < 4.78 is 0. The number of rotatable bonds is 14. The third-order valence-electron chi connectivity index (χ3n) is 15.9. The van der Waals surface area contributed by atoms with E-state index in [4.69, 9.17) is 9.97 Å². The molecule has 8 atom stereocenters. The second-order valence-electron chi connectivity index (χ2n) is 19.7. The Bertz CT molecular complexity index is 2960. The van der Waals surface area contributed by atoms with E-state index in [1.165, 1.54) is 10.8 Å². The highest BCUT2D eigenvalue weighted by Crippen LogP contribution is 2.55. The number of piperidine rings is 2. The molecule has 4 fully saturated rings. The average molecular weight is 901 g/mol. The molecule has 344 valence electrons. The van der Waals surface area contributed by atoms with Crippen LogP contribution in [0.25, 0.3) is 55.1 Å².